The lowest BCUT2D eigenvalue weighted by Gasteiger charge is -2.15. The van der Waals surface area contributed by atoms with Crippen molar-refractivity contribution in [1.82, 2.24) is 5.32 Å². The summed E-state index contributed by atoms with van der Waals surface area (Å²) in [5.41, 5.74) is 1.19. The first-order chi connectivity index (χ1) is 8.63. The Labute approximate surface area is 117 Å². The van der Waals surface area contributed by atoms with E-state index in [4.69, 9.17) is 12.2 Å². The first-order valence-electron chi connectivity index (χ1n) is 5.68. The zero-order valence-electron chi connectivity index (χ0n) is 10.5. The molecule has 0 aliphatic carbocycles. The standard InChI is InChI=1S/C13H17NO2S2/c1-10(11-6-4-3-5-7-11)14-13(17)18-9-8-12(15)16-2/h3-7,10H,8-9H2,1-2H3,(H,14,17). The van der Waals surface area contributed by atoms with E-state index in [1.165, 1.54) is 24.4 Å². The summed E-state index contributed by atoms with van der Waals surface area (Å²) in [5, 5.41) is 3.23. The highest BCUT2D eigenvalue weighted by Crippen LogP contribution is 2.14. The van der Waals surface area contributed by atoms with Crippen LogP contribution in [0.5, 0.6) is 0 Å². The number of ether oxygens (including phenoxy) is 1. The third-order valence-electron chi connectivity index (χ3n) is 2.40. The van der Waals surface area contributed by atoms with E-state index in [9.17, 15) is 4.79 Å². The van der Waals surface area contributed by atoms with Crippen molar-refractivity contribution in [3.8, 4) is 0 Å². The van der Waals surface area contributed by atoms with Crippen LogP contribution in [-0.4, -0.2) is 23.2 Å². The lowest BCUT2D eigenvalue weighted by molar-refractivity contribution is -0.140. The highest BCUT2D eigenvalue weighted by molar-refractivity contribution is 8.22. The Morgan fingerprint density at radius 1 is 1.44 bits per heavy atom. The molecule has 1 unspecified atom stereocenters. The van der Waals surface area contributed by atoms with Gasteiger partial charge in [0.1, 0.15) is 4.32 Å². The molecule has 0 fully saturated rings. The van der Waals surface area contributed by atoms with Gasteiger partial charge in [-0.1, -0.05) is 54.3 Å². The van der Waals surface area contributed by atoms with E-state index >= 15 is 0 Å². The van der Waals surface area contributed by atoms with E-state index in [1.807, 2.05) is 18.2 Å². The molecule has 0 heterocycles. The third-order valence-corrected chi connectivity index (χ3v) is 3.66. The normalized spacial score (nSPS) is 11.7. The maximum Gasteiger partial charge on any atom is 0.306 e. The van der Waals surface area contributed by atoms with E-state index in [0.717, 1.165) is 0 Å². The number of carbonyl (C=O) groups is 1. The first kappa shape index (κ1) is 15.0. The van der Waals surface area contributed by atoms with Gasteiger partial charge in [-0.25, -0.2) is 0 Å². The fourth-order valence-corrected chi connectivity index (χ4v) is 2.51. The average Bonchev–Trinajstić information content (AvgIpc) is 2.39. The van der Waals surface area contributed by atoms with E-state index in [2.05, 4.69) is 29.1 Å². The van der Waals surface area contributed by atoms with Crippen molar-refractivity contribution in [2.45, 2.75) is 19.4 Å². The summed E-state index contributed by atoms with van der Waals surface area (Å²) in [6, 6.07) is 10.3. The smallest absolute Gasteiger partial charge is 0.306 e. The lowest BCUT2D eigenvalue weighted by atomic mass is 10.1. The molecule has 1 aromatic carbocycles. The second-order valence-corrected chi connectivity index (χ2v) is 5.51. The van der Waals surface area contributed by atoms with Gasteiger partial charge >= 0.3 is 5.97 Å². The Morgan fingerprint density at radius 3 is 2.72 bits per heavy atom. The zero-order chi connectivity index (χ0) is 13.4. The predicted octanol–water partition coefficient (Wildman–Crippen LogP) is 2.92. The maximum atomic E-state index is 10.9. The summed E-state index contributed by atoms with van der Waals surface area (Å²) in [7, 11) is 1.39. The number of thiocarbonyl (C=S) groups is 1. The van der Waals surface area contributed by atoms with Crippen LogP contribution in [0.25, 0.3) is 0 Å². The summed E-state index contributed by atoms with van der Waals surface area (Å²) >= 11 is 6.68. The van der Waals surface area contributed by atoms with E-state index in [0.29, 0.717) is 16.5 Å². The molecule has 0 saturated carbocycles. The molecule has 1 atom stereocenters. The molecule has 3 nitrogen and oxygen atoms in total. The number of hydrogen-bond donors (Lipinski definition) is 1. The highest BCUT2D eigenvalue weighted by Gasteiger charge is 2.07. The van der Waals surface area contributed by atoms with Gasteiger partial charge in [-0.2, -0.15) is 0 Å². The van der Waals surface area contributed by atoms with Crippen LogP contribution in [0.4, 0.5) is 0 Å². The highest BCUT2D eigenvalue weighted by atomic mass is 32.2. The lowest BCUT2D eigenvalue weighted by Crippen LogP contribution is -2.22. The molecule has 0 aliphatic rings. The molecule has 0 spiro atoms. The molecule has 0 radical (unpaired) electrons. The molecule has 0 amide bonds. The second-order valence-electron chi connectivity index (χ2n) is 3.74. The topological polar surface area (TPSA) is 38.3 Å². The SMILES string of the molecule is COC(=O)CCSC(=S)NC(C)c1ccccc1. The second kappa shape index (κ2) is 8.11. The predicted molar refractivity (Wildman–Crippen MR) is 79.7 cm³/mol. The molecule has 5 heteroatoms. The number of esters is 1. The Bertz CT molecular complexity index is 395. The summed E-state index contributed by atoms with van der Waals surface area (Å²) in [4.78, 5) is 10.9. The van der Waals surface area contributed by atoms with Gasteiger partial charge in [-0.3, -0.25) is 4.79 Å². The number of thioether (sulfide) groups is 1. The number of methoxy groups -OCH3 is 1. The van der Waals surface area contributed by atoms with Gasteiger partial charge < -0.3 is 10.1 Å². The molecular weight excluding hydrogens is 266 g/mol. The Morgan fingerprint density at radius 2 is 2.11 bits per heavy atom. The molecular formula is C13H17NO2S2. The van der Waals surface area contributed by atoms with Gasteiger partial charge in [-0.15, -0.1) is 0 Å². The van der Waals surface area contributed by atoms with Crippen molar-refractivity contribution in [2.24, 2.45) is 0 Å². The molecule has 1 aromatic rings. The monoisotopic (exact) mass is 283 g/mol. The van der Waals surface area contributed by atoms with Crippen molar-refractivity contribution in [1.29, 1.82) is 0 Å². The number of nitrogens with one attached hydrogen (secondary N) is 1. The van der Waals surface area contributed by atoms with E-state index in [1.54, 1.807) is 0 Å². The number of rotatable bonds is 5. The van der Waals surface area contributed by atoms with Gasteiger partial charge in [0.05, 0.1) is 13.5 Å². The van der Waals surface area contributed by atoms with Crippen LogP contribution in [0.3, 0.4) is 0 Å². The van der Waals surface area contributed by atoms with Crippen molar-refractivity contribution >= 4 is 34.3 Å². The van der Waals surface area contributed by atoms with Crippen LogP contribution in [0.1, 0.15) is 24.9 Å². The van der Waals surface area contributed by atoms with Gasteiger partial charge in [0, 0.05) is 11.8 Å². The zero-order valence-corrected chi connectivity index (χ0v) is 12.1. The Hall–Kier alpha value is -1.07. The Kier molecular flexibility index (Phi) is 6.75. The maximum absolute atomic E-state index is 10.9. The number of benzene rings is 1. The number of hydrogen-bond acceptors (Lipinski definition) is 4. The van der Waals surface area contributed by atoms with E-state index < -0.39 is 0 Å². The minimum atomic E-state index is -0.207. The molecule has 1 rings (SSSR count). The van der Waals surface area contributed by atoms with Crippen molar-refractivity contribution in [3.05, 3.63) is 35.9 Å². The summed E-state index contributed by atoms with van der Waals surface area (Å²) < 4.78 is 5.27. The van der Waals surface area contributed by atoms with Gasteiger partial charge in [-0.05, 0) is 12.5 Å². The summed E-state index contributed by atoms with van der Waals surface area (Å²) in [6.45, 7) is 2.06. The van der Waals surface area contributed by atoms with Crippen molar-refractivity contribution in [3.63, 3.8) is 0 Å². The third kappa shape index (κ3) is 5.51. The minimum absolute atomic E-state index is 0.171. The van der Waals surface area contributed by atoms with E-state index in [-0.39, 0.29) is 12.0 Å². The van der Waals surface area contributed by atoms with Crippen LogP contribution in [0.15, 0.2) is 30.3 Å². The fraction of sp³-hybridized carbons (Fsp3) is 0.385. The first-order valence-corrected chi connectivity index (χ1v) is 7.08. The summed E-state index contributed by atoms with van der Waals surface area (Å²) in [6.07, 6.45) is 0.378. The molecule has 0 saturated heterocycles. The fourth-order valence-electron chi connectivity index (χ4n) is 1.37. The van der Waals surface area contributed by atoms with Crippen LogP contribution in [0.2, 0.25) is 0 Å². The Balaban J connectivity index is 2.30. The van der Waals surface area contributed by atoms with Crippen LogP contribution >= 0.6 is 24.0 Å². The molecule has 0 aliphatic heterocycles. The van der Waals surface area contributed by atoms with Gasteiger partial charge in [0.15, 0.2) is 0 Å². The minimum Gasteiger partial charge on any atom is -0.469 e. The quantitative estimate of drug-likeness (QED) is 0.664. The van der Waals surface area contributed by atoms with Crippen LogP contribution in [0, 0.1) is 0 Å². The number of carbonyl (C=O) groups excluding carboxylic acids is 1. The van der Waals surface area contributed by atoms with Crippen molar-refractivity contribution < 1.29 is 9.53 Å². The average molecular weight is 283 g/mol. The molecule has 18 heavy (non-hydrogen) atoms. The van der Waals surface area contributed by atoms with Crippen LogP contribution in [-0.2, 0) is 9.53 Å². The molecule has 98 valence electrons. The van der Waals surface area contributed by atoms with Crippen molar-refractivity contribution in [2.75, 3.05) is 12.9 Å². The molecule has 0 aromatic heterocycles. The molecule has 1 N–H and O–H groups in total. The van der Waals surface area contributed by atoms with Gasteiger partial charge in [0.2, 0.25) is 0 Å². The van der Waals surface area contributed by atoms with Gasteiger partial charge in [0.25, 0.3) is 0 Å². The summed E-state index contributed by atoms with van der Waals surface area (Å²) in [5.74, 6) is 0.432. The largest absolute Gasteiger partial charge is 0.469 e. The van der Waals surface area contributed by atoms with Crippen LogP contribution < -0.4 is 5.32 Å². The molecule has 0 bridgehead atoms.